The van der Waals surface area contributed by atoms with E-state index in [0.29, 0.717) is 11.8 Å². The first-order valence-electron chi connectivity index (χ1n) is 7.77. The summed E-state index contributed by atoms with van der Waals surface area (Å²) in [5.41, 5.74) is 2.58. The van der Waals surface area contributed by atoms with Crippen molar-refractivity contribution in [2.24, 2.45) is 5.92 Å². The average molecular weight is 280 g/mol. The van der Waals surface area contributed by atoms with Gasteiger partial charge in [0.1, 0.15) is 17.6 Å². The molecule has 0 aromatic heterocycles. The molecule has 21 heavy (non-hydrogen) atoms. The van der Waals surface area contributed by atoms with Gasteiger partial charge in [-0.2, -0.15) is 0 Å². The minimum absolute atomic E-state index is 0.179. The van der Waals surface area contributed by atoms with Gasteiger partial charge in [-0.1, -0.05) is 42.8 Å². The van der Waals surface area contributed by atoms with E-state index in [4.69, 9.17) is 9.47 Å². The standard InChI is InChI=1S/C19H20O2/c1-20-16-11-6-12-17-18(16)14-9-5-10-15(14)19(21-17)13-7-3-2-4-8-13/h2-4,6-8,11-12,14-15,19H,5,9-10H2,1H3/t14-,15+,19-/m0/s1. The molecule has 2 aromatic rings. The van der Waals surface area contributed by atoms with E-state index < -0.39 is 0 Å². The van der Waals surface area contributed by atoms with E-state index in [9.17, 15) is 0 Å². The van der Waals surface area contributed by atoms with Gasteiger partial charge in [-0.05, 0) is 36.5 Å². The maximum atomic E-state index is 6.39. The van der Waals surface area contributed by atoms with Gasteiger partial charge in [-0.25, -0.2) is 0 Å². The van der Waals surface area contributed by atoms with Gasteiger partial charge in [0, 0.05) is 11.5 Å². The van der Waals surface area contributed by atoms with Crippen LogP contribution >= 0.6 is 0 Å². The zero-order valence-electron chi connectivity index (χ0n) is 12.3. The highest BCUT2D eigenvalue weighted by atomic mass is 16.5. The van der Waals surface area contributed by atoms with Crippen molar-refractivity contribution in [3.8, 4) is 11.5 Å². The number of ether oxygens (including phenoxy) is 2. The molecule has 2 heteroatoms. The van der Waals surface area contributed by atoms with Gasteiger partial charge in [0.15, 0.2) is 0 Å². The minimum Gasteiger partial charge on any atom is -0.496 e. The highest BCUT2D eigenvalue weighted by Gasteiger charge is 2.43. The molecule has 0 radical (unpaired) electrons. The van der Waals surface area contributed by atoms with Crippen LogP contribution in [-0.2, 0) is 0 Å². The van der Waals surface area contributed by atoms with E-state index in [-0.39, 0.29) is 6.10 Å². The molecule has 2 aliphatic rings. The zero-order valence-corrected chi connectivity index (χ0v) is 12.3. The molecule has 0 spiro atoms. The smallest absolute Gasteiger partial charge is 0.127 e. The highest BCUT2D eigenvalue weighted by molar-refractivity contribution is 5.50. The van der Waals surface area contributed by atoms with Crippen molar-refractivity contribution >= 4 is 0 Å². The fourth-order valence-electron chi connectivity index (χ4n) is 4.06. The van der Waals surface area contributed by atoms with Crippen LogP contribution in [0.2, 0.25) is 0 Å². The Kier molecular flexibility index (Phi) is 3.10. The summed E-state index contributed by atoms with van der Waals surface area (Å²) >= 11 is 0. The summed E-state index contributed by atoms with van der Waals surface area (Å²) in [6, 6.07) is 16.8. The lowest BCUT2D eigenvalue weighted by Gasteiger charge is -2.37. The summed E-state index contributed by atoms with van der Waals surface area (Å²) in [6.07, 6.45) is 3.93. The Hall–Kier alpha value is -1.96. The first kappa shape index (κ1) is 12.8. The molecule has 108 valence electrons. The van der Waals surface area contributed by atoms with E-state index >= 15 is 0 Å². The minimum atomic E-state index is 0.179. The second-order valence-corrected chi connectivity index (χ2v) is 6.02. The van der Waals surface area contributed by atoms with Crippen LogP contribution < -0.4 is 9.47 Å². The molecule has 1 heterocycles. The normalized spacial score (nSPS) is 26.6. The molecule has 1 aliphatic carbocycles. The number of hydrogen-bond acceptors (Lipinski definition) is 2. The summed E-state index contributed by atoms with van der Waals surface area (Å²) in [6.45, 7) is 0. The Morgan fingerprint density at radius 3 is 2.67 bits per heavy atom. The first-order valence-corrected chi connectivity index (χ1v) is 7.77. The van der Waals surface area contributed by atoms with Gasteiger partial charge in [0.05, 0.1) is 7.11 Å². The van der Waals surface area contributed by atoms with E-state index in [2.05, 4.69) is 42.5 Å². The molecule has 1 aliphatic heterocycles. The van der Waals surface area contributed by atoms with Crippen molar-refractivity contribution in [1.29, 1.82) is 0 Å². The Morgan fingerprint density at radius 2 is 1.86 bits per heavy atom. The molecule has 0 unspecified atom stereocenters. The number of benzene rings is 2. The Labute approximate surface area is 125 Å². The average Bonchev–Trinajstić information content (AvgIpc) is 3.03. The Morgan fingerprint density at radius 1 is 1.00 bits per heavy atom. The maximum absolute atomic E-state index is 6.39. The summed E-state index contributed by atoms with van der Waals surface area (Å²) in [4.78, 5) is 0. The molecule has 1 fully saturated rings. The van der Waals surface area contributed by atoms with Crippen LogP contribution in [0.25, 0.3) is 0 Å². The fraction of sp³-hybridized carbons (Fsp3) is 0.368. The van der Waals surface area contributed by atoms with Crippen molar-refractivity contribution in [2.45, 2.75) is 31.3 Å². The SMILES string of the molecule is COc1cccc2c1[C@H]1CCC[C@H]1[C@H](c1ccccc1)O2. The maximum Gasteiger partial charge on any atom is 0.127 e. The summed E-state index contributed by atoms with van der Waals surface area (Å²) < 4.78 is 12.0. The lowest BCUT2D eigenvalue weighted by molar-refractivity contribution is 0.102. The molecule has 0 amide bonds. The fourth-order valence-corrected chi connectivity index (χ4v) is 4.06. The molecule has 4 rings (SSSR count). The Balaban J connectivity index is 1.81. The molecule has 0 N–H and O–H groups in total. The summed E-state index contributed by atoms with van der Waals surface area (Å²) in [5, 5.41) is 0. The quantitative estimate of drug-likeness (QED) is 0.793. The van der Waals surface area contributed by atoms with E-state index in [1.807, 2.05) is 6.07 Å². The molecule has 0 bridgehead atoms. The molecular weight excluding hydrogens is 260 g/mol. The van der Waals surface area contributed by atoms with Gasteiger partial charge in [-0.3, -0.25) is 0 Å². The molecular formula is C19H20O2. The predicted molar refractivity (Wildman–Crippen MR) is 82.9 cm³/mol. The largest absolute Gasteiger partial charge is 0.496 e. The van der Waals surface area contributed by atoms with Crippen LogP contribution in [0.5, 0.6) is 11.5 Å². The lowest BCUT2D eigenvalue weighted by atomic mass is 9.79. The highest BCUT2D eigenvalue weighted by Crippen LogP contribution is 2.56. The molecule has 2 aromatic carbocycles. The summed E-state index contributed by atoms with van der Waals surface area (Å²) in [7, 11) is 1.75. The van der Waals surface area contributed by atoms with Gasteiger partial charge in [0.2, 0.25) is 0 Å². The van der Waals surface area contributed by atoms with Crippen LogP contribution in [0, 0.1) is 5.92 Å². The van der Waals surface area contributed by atoms with E-state index in [0.717, 1.165) is 11.5 Å². The van der Waals surface area contributed by atoms with Crippen molar-refractivity contribution in [3.05, 3.63) is 59.7 Å². The van der Waals surface area contributed by atoms with Gasteiger partial charge < -0.3 is 9.47 Å². The Bertz CT molecular complexity index is 635. The monoisotopic (exact) mass is 280 g/mol. The predicted octanol–water partition coefficient (Wildman–Crippen LogP) is 4.71. The van der Waals surface area contributed by atoms with E-state index in [1.165, 1.54) is 30.4 Å². The van der Waals surface area contributed by atoms with Crippen LogP contribution in [0.15, 0.2) is 48.5 Å². The van der Waals surface area contributed by atoms with Crippen molar-refractivity contribution < 1.29 is 9.47 Å². The van der Waals surface area contributed by atoms with Gasteiger partial charge in [-0.15, -0.1) is 0 Å². The van der Waals surface area contributed by atoms with Crippen LogP contribution in [-0.4, -0.2) is 7.11 Å². The summed E-state index contributed by atoms with van der Waals surface area (Å²) in [5.74, 6) is 3.12. The molecule has 0 saturated heterocycles. The van der Waals surface area contributed by atoms with E-state index in [1.54, 1.807) is 7.11 Å². The number of fused-ring (bicyclic) bond motifs is 3. The van der Waals surface area contributed by atoms with Crippen molar-refractivity contribution in [3.63, 3.8) is 0 Å². The topological polar surface area (TPSA) is 18.5 Å². The number of hydrogen-bond donors (Lipinski definition) is 0. The first-order chi connectivity index (χ1) is 10.4. The lowest BCUT2D eigenvalue weighted by Crippen LogP contribution is -2.27. The third-order valence-electron chi connectivity index (χ3n) is 4.96. The third kappa shape index (κ3) is 2.01. The van der Waals surface area contributed by atoms with Crippen molar-refractivity contribution in [2.75, 3.05) is 7.11 Å². The number of methoxy groups -OCH3 is 1. The van der Waals surface area contributed by atoms with Gasteiger partial charge >= 0.3 is 0 Å². The van der Waals surface area contributed by atoms with Crippen LogP contribution in [0.4, 0.5) is 0 Å². The van der Waals surface area contributed by atoms with Crippen LogP contribution in [0.3, 0.4) is 0 Å². The third-order valence-corrected chi connectivity index (χ3v) is 4.96. The van der Waals surface area contributed by atoms with Crippen LogP contribution in [0.1, 0.15) is 42.4 Å². The number of rotatable bonds is 2. The van der Waals surface area contributed by atoms with Crippen molar-refractivity contribution in [1.82, 2.24) is 0 Å². The second-order valence-electron chi connectivity index (χ2n) is 6.02. The zero-order chi connectivity index (χ0) is 14.2. The molecule has 3 atom stereocenters. The molecule has 2 nitrogen and oxygen atoms in total. The molecule has 1 saturated carbocycles. The van der Waals surface area contributed by atoms with Gasteiger partial charge in [0.25, 0.3) is 0 Å². The second kappa shape index (κ2) is 5.10.